The molecule has 0 saturated carbocycles. The highest BCUT2D eigenvalue weighted by atomic mass is 16.3. The number of nitrogens with one attached hydrogen (secondary N) is 2. The lowest BCUT2D eigenvalue weighted by atomic mass is 10.3. The number of nitrogens with zero attached hydrogens (tertiary/aromatic N) is 4. The van der Waals surface area contributed by atoms with E-state index >= 15 is 0 Å². The summed E-state index contributed by atoms with van der Waals surface area (Å²) in [5.41, 5.74) is 0.379. The highest BCUT2D eigenvalue weighted by Crippen LogP contribution is 2.16. The van der Waals surface area contributed by atoms with Crippen LogP contribution in [0, 0.1) is 0 Å². The normalized spacial score (nSPS) is 12.5. The third-order valence-corrected chi connectivity index (χ3v) is 3.63. The average Bonchev–Trinajstić information content (AvgIpc) is 2.90. The van der Waals surface area contributed by atoms with E-state index in [2.05, 4.69) is 20.3 Å². The molecule has 0 aliphatic carbocycles. The van der Waals surface area contributed by atoms with Crippen molar-refractivity contribution in [3.63, 3.8) is 0 Å². The first-order chi connectivity index (χ1) is 11.5. The van der Waals surface area contributed by atoms with Gasteiger partial charge in [-0.2, -0.15) is 4.98 Å². The maximum atomic E-state index is 12.2. The molecule has 24 heavy (non-hydrogen) atoms. The average molecular weight is 330 g/mol. The van der Waals surface area contributed by atoms with E-state index in [-0.39, 0.29) is 17.7 Å². The minimum absolute atomic E-state index is 0.174. The minimum atomic E-state index is -0.682. The Morgan fingerprint density at radius 1 is 1.42 bits per heavy atom. The summed E-state index contributed by atoms with van der Waals surface area (Å²) in [6, 6.07) is 3.73. The molecule has 0 saturated heterocycles. The Morgan fingerprint density at radius 2 is 2.21 bits per heavy atom. The maximum Gasteiger partial charge on any atom is 0.329 e. The number of hydrogen-bond donors (Lipinski definition) is 3. The van der Waals surface area contributed by atoms with Crippen LogP contribution in [0.5, 0.6) is 0 Å². The molecule has 0 bridgehead atoms. The summed E-state index contributed by atoms with van der Waals surface area (Å²) >= 11 is 0. The zero-order chi connectivity index (χ0) is 17.3. The first-order valence-corrected chi connectivity index (χ1v) is 7.47. The molecule has 0 spiro atoms. The number of aliphatic hydroxyl groups excluding tert-OH is 1. The van der Waals surface area contributed by atoms with Crippen molar-refractivity contribution in [2.75, 3.05) is 5.32 Å². The third-order valence-electron chi connectivity index (χ3n) is 3.63. The van der Waals surface area contributed by atoms with Gasteiger partial charge in [-0.05, 0) is 18.6 Å². The molecule has 0 fully saturated rings. The summed E-state index contributed by atoms with van der Waals surface area (Å²) in [7, 11) is 1.53. The molecule has 0 amide bonds. The molecular weight excluding hydrogens is 312 g/mol. The molecular formula is C15H18N6O3. The van der Waals surface area contributed by atoms with Crippen LogP contribution in [0.15, 0.2) is 34.1 Å². The number of hydrogen-bond acceptors (Lipinski definition) is 6. The van der Waals surface area contributed by atoms with Gasteiger partial charge in [-0.25, -0.2) is 4.79 Å². The highest BCUT2D eigenvalue weighted by molar-refractivity contribution is 5.74. The van der Waals surface area contributed by atoms with Crippen LogP contribution in [-0.2, 0) is 20.1 Å². The summed E-state index contributed by atoms with van der Waals surface area (Å²) in [4.78, 5) is 34.6. The molecule has 1 atom stereocenters. The van der Waals surface area contributed by atoms with Crippen molar-refractivity contribution >= 4 is 17.1 Å². The number of fused-ring (bicyclic) bond motifs is 1. The largest absolute Gasteiger partial charge is 0.392 e. The van der Waals surface area contributed by atoms with E-state index in [1.165, 1.54) is 11.6 Å². The fourth-order valence-corrected chi connectivity index (χ4v) is 2.50. The maximum absolute atomic E-state index is 12.2. The van der Waals surface area contributed by atoms with Crippen LogP contribution in [0.4, 0.5) is 5.95 Å². The number of H-pyrrole nitrogens is 1. The van der Waals surface area contributed by atoms with E-state index in [9.17, 15) is 14.7 Å². The summed E-state index contributed by atoms with van der Waals surface area (Å²) in [5.74, 6) is 0.404. The molecule has 3 N–H and O–H groups in total. The van der Waals surface area contributed by atoms with Crippen molar-refractivity contribution in [2.24, 2.45) is 7.05 Å². The van der Waals surface area contributed by atoms with Crippen LogP contribution in [0.25, 0.3) is 11.2 Å². The van der Waals surface area contributed by atoms with Crippen LogP contribution >= 0.6 is 0 Å². The highest BCUT2D eigenvalue weighted by Gasteiger charge is 2.18. The van der Waals surface area contributed by atoms with Gasteiger partial charge in [0.15, 0.2) is 11.2 Å². The summed E-state index contributed by atoms with van der Waals surface area (Å²) in [6.07, 6.45) is 2.72. The number of aromatic nitrogens is 5. The Kier molecular flexibility index (Phi) is 4.17. The second-order valence-corrected chi connectivity index (χ2v) is 5.60. The van der Waals surface area contributed by atoms with Crippen molar-refractivity contribution < 1.29 is 5.11 Å². The van der Waals surface area contributed by atoms with Crippen LogP contribution < -0.4 is 16.6 Å². The van der Waals surface area contributed by atoms with E-state index in [0.29, 0.717) is 12.5 Å². The number of aryl methyl sites for hydroxylation is 1. The van der Waals surface area contributed by atoms with Crippen molar-refractivity contribution in [1.29, 1.82) is 0 Å². The van der Waals surface area contributed by atoms with Crippen molar-refractivity contribution in [1.82, 2.24) is 24.1 Å². The number of imidazole rings is 1. The predicted molar refractivity (Wildman–Crippen MR) is 88.8 cm³/mol. The summed E-state index contributed by atoms with van der Waals surface area (Å²) in [6.45, 7) is 2.24. The van der Waals surface area contributed by atoms with Gasteiger partial charge in [0.1, 0.15) is 0 Å². The van der Waals surface area contributed by atoms with Gasteiger partial charge >= 0.3 is 5.69 Å². The monoisotopic (exact) mass is 330 g/mol. The molecule has 3 rings (SSSR count). The van der Waals surface area contributed by atoms with Gasteiger partial charge in [-0.1, -0.05) is 6.07 Å². The summed E-state index contributed by atoms with van der Waals surface area (Å²) in [5, 5.41) is 12.9. The lowest BCUT2D eigenvalue weighted by Gasteiger charge is -2.11. The van der Waals surface area contributed by atoms with Crippen LogP contribution in [0.3, 0.4) is 0 Å². The smallest absolute Gasteiger partial charge is 0.329 e. The molecule has 3 aromatic heterocycles. The van der Waals surface area contributed by atoms with Crippen LogP contribution in [0.2, 0.25) is 0 Å². The van der Waals surface area contributed by atoms with Gasteiger partial charge in [0.2, 0.25) is 5.95 Å². The van der Waals surface area contributed by atoms with E-state index in [1.54, 1.807) is 23.9 Å². The second-order valence-electron chi connectivity index (χ2n) is 5.60. The zero-order valence-corrected chi connectivity index (χ0v) is 13.4. The first kappa shape index (κ1) is 15.9. The molecule has 9 heteroatoms. The topological polar surface area (TPSA) is 118 Å². The Balaban J connectivity index is 2.09. The third kappa shape index (κ3) is 2.93. The fourth-order valence-electron chi connectivity index (χ4n) is 2.50. The number of aromatic amines is 1. The molecule has 126 valence electrons. The standard InChI is InChI=1S/C15H18N6O3/c1-9(22)8-21-11-12(20(2)15(24)19-13(11)23)18-14(21)17-7-10-4-3-5-16-6-10/h3-6,9,22H,7-8H2,1-2H3,(H,17,18)(H,19,23,24). The SMILES string of the molecule is CC(O)Cn1c(NCc2cccnc2)nc2c1c(=O)[nH]c(=O)n2C. The number of rotatable bonds is 5. The quantitative estimate of drug-likeness (QED) is 0.597. The van der Waals surface area contributed by atoms with Gasteiger partial charge in [0, 0.05) is 26.0 Å². The molecule has 3 heterocycles. The molecule has 0 aliphatic heterocycles. The van der Waals surface area contributed by atoms with Crippen molar-refractivity contribution in [3.05, 3.63) is 50.9 Å². The van der Waals surface area contributed by atoms with Gasteiger partial charge in [-0.3, -0.25) is 19.3 Å². The summed E-state index contributed by atoms with van der Waals surface area (Å²) < 4.78 is 2.85. The molecule has 1 unspecified atom stereocenters. The number of aliphatic hydroxyl groups is 1. The lowest BCUT2D eigenvalue weighted by Crippen LogP contribution is -2.29. The van der Waals surface area contributed by atoms with E-state index in [0.717, 1.165) is 5.56 Å². The predicted octanol–water partition coefficient (Wildman–Crippen LogP) is -0.189. The van der Waals surface area contributed by atoms with E-state index in [4.69, 9.17) is 0 Å². The number of pyridine rings is 1. The molecule has 0 radical (unpaired) electrons. The Hall–Kier alpha value is -2.94. The first-order valence-electron chi connectivity index (χ1n) is 7.47. The van der Waals surface area contributed by atoms with Gasteiger partial charge in [0.05, 0.1) is 12.6 Å². The minimum Gasteiger partial charge on any atom is -0.392 e. The van der Waals surface area contributed by atoms with Gasteiger partial charge in [0.25, 0.3) is 5.56 Å². The van der Waals surface area contributed by atoms with E-state index in [1.807, 2.05) is 12.1 Å². The molecule has 9 nitrogen and oxygen atoms in total. The van der Waals surface area contributed by atoms with Crippen LogP contribution in [-0.4, -0.2) is 35.3 Å². The zero-order valence-electron chi connectivity index (χ0n) is 13.4. The van der Waals surface area contributed by atoms with Crippen LogP contribution in [0.1, 0.15) is 12.5 Å². The number of anilines is 1. The van der Waals surface area contributed by atoms with E-state index < -0.39 is 17.4 Å². The molecule has 3 aromatic rings. The molecule has 0 aromatic carbocycles. The van der Waals surface area contributed by atoms with Crippen molar-refractivity contribution in [3.8, 4) is 0 Å². The van der Waals surface area contributed by atoms with Gasteiger partial charge in [-0.15, -0.1) is 0 Å². The Morgan fingerprint density at radius 3 is 2.88 bits per heavy atom. The Bertz CT molecular complexity index is 971. The second kappa shape index (κ2) is 6.28. The molecule has 0 aliphatic rings. The van der Waals surface area contributed by atoms with Gasteiger partial charge < -0.3 is 15.0 Å². The lowest BCUT2D eigenvalue weighted by molar-refractivity contribution is 0.175. The van der Waals surface area contributed by atoms with Crippen molar-refractivity contribution in [2.45, 2.75) is 26.1 Å². The fraction of sp³-hybridized carbons (Fsp3) is 0.333. The Labute approximate surface area is 136 Å².